The first-order valence-electron chi connectivity index (χ1n) is 17.8. The van der Waals surface area contributed by atoms with Gasteiger partial charge in [0, 0.05) is 0 Å². The third kappa shape index (κ3) is 10.3. The zero-order chi connectivity index (χ0) is 36.3. The summed E-state index contributed by atoms with van der Waals surface area (Å²) in [6, 6.07) is 32.3. The van der Waals surface area contributed by atoms with Gasteiger partial charge in [-0.25, -0.2) is 16.8 Å². The summed E-state index contributed by atoms with van der Waals surface area (Å²) in [5.41, 5.74) is 4.21. The van der Waals surface area contributed by atoms with Crippen molar-refractivity contribution in [1.82, 2.24) is 0 Å². The summed E-state index contributed by atoms with van der Waals surface area (Å²) in [4.78, 5) is 0.749. The second-order valence-corrected chi connectivity index (χ2v) is 17.0. The van der Waals surface area contributed by atoms with Crippen LogP contribution < -0.4 is 9.47 Å². The monoisotopic (exact) mass is 724 g/mol. The van der Waals surface area contributed by atoms with E-state index in [1.807, 2.05) is 19.1 Å². The lowest BCUT2D eigenvalue weighted by molar-refractivity contribution is 0.302. The zero-order valence-electron chi connectivity index (χ0n) is 29.8. The van der Waals surface area contributed by atoms with Gasteiger partial charge in [0.15, 0.2) is 0 Å². The molecule has 0 aliphatic heterocycles. The molecule has 0 radical (unpaired) electrons. The second-order valence-electron chi connectivity index (χ2n) is 13.1. The molecular formula is C43H48O6S2. The van der Waals surface area contributed by atoms with E-state index in [0.29, 0.717) is 24.5 Å². The third-order valence-electron chi connectivity index (χ3n) is 8.98. The highest BCUT2D eigenvalue weighted by Gasteiger charge is 2.19. The smallest absolute Gasteiger partial charge is 0.206 e. The molecule has 0 amide bonds. The molecule has 5 rings (SSSR count). The summed E-state index contributed by atoms with van der Waals surface area (Å²) in [5, 5.41) is 0. The highest BCUT2D eigenvalue weighted by Crippen LogP contribution is 2.29. The minimum atomic E-state index is -3.75. The van der Waals surface area contributed by atoms with Crippen LogP contribution in [0.25, 0.3) is 0 Å². The van der Waals surface area contributed by atoms with Crippen molar-refractivity contribution >= 4 is 19.7 Å². The number of hydrogen-bond donors (Lipinski definition) is 0. The molecule has 0 saturated heterocycles. The van der Waals surface area contributed by atoms with Crippen molar-refractivity contribution in [3.8, 4) is 17.2 Å². The Kier molecular flexibility index (Phi) is 13.1. The van der Waals surface area contributed by atoms with E-state index in [2.05, 4.69) is 32.0 Å². The number of hydrogen-bond acceptors (Lipinski definition) is 6. The Morgan fingerprint density at radius 2 is 0.922 bits per heavy atom. The molecule has 51 heavy (non-hydrogen) atoms. The fraction of sp³-hybridized carbons (Fsp3) is 0.302. The number of sulfone groups is 2. The Labute approximate surface area is 304 Å². The molecule has 0 aliphatic carbocycles. The molecule has 6 nitrogen and oxygen atoms in total. The van der Waals surface area contributed by atoms with Crippen LogP contribution in [0.5, 0.6) is 17.2 Å². The van der Waals surface area contributed by atoms with Gasteiger partial charge in [-0.3, -0.25) is 0 Å². The topological polar surface area (TPSA) is 86.7 Å². The molecule has 0 saturated carbocycles. The maximum absolute atomic E-state index is 13.4. The van der Waals surface area contributed by atoms with Gasteiger partial charge in [0.05, 0.1) is 26.2 Å². The normalized spacial score (nSPS) is 11.7. The largest absolute Gasteiger partial charge is 0.493 e. The average Bonchev–Trinajstić information content (AvgIpc) is 3.13. The maximum atomic E-state index is 13.4. The summed E-state index contributed by atoms with van der Waals surface area (Å²) < 4.78 is 64.8. The quantitative estimate of drug-likeness (QED) is 0.0836. The molecule has 268 valence electrons. The van der Waals surface area contributed by atoms with Crippen LogP contribution in [0.4, 0.5) is 0 Å². The van der Waals surface area contributed by atoms with Crippen LogP contribution in [-0.2, 0) is 26.1 Å². The molecule has 0 bridgehead atoms. The molecule has 0 N–H and O–H groups in total. The van der Waals surface area contributed by atoms with Crippen molar-refractivity contribution in [3.05, 3.63) is 138 Å². The molecule has 0 aliphatic rings. The SMILES string of the molecule is CCCCCCCCCCOc1cc(Cc2ccc(S(=O)(=O)c3ccc(Oc4ccc(S(=O)(=O)c5ccc(C)cc5)cc4)cc3)cc2)ccc1C. The van der Waals surface area contributed by atoms with Crippen molar-refractivity contribution in [2.45, 2.75) is 98.1 Å². The Morgan fingerprint density at radius 1 is 0.490 bits per heavy atom. The van der Waals surface area contributed by atoms with Gasteiger partial charge < -0.3 is 9.47 Å². The Hall–Kier alpha value is -4.40. The number of ether oxygens (including phenoxy) is 2. The highest BCUT2D eigenvalue weighted by molar-refractivity contribution is 7.91. The van der Waals surface area contributed by atoms with E-state index >= 15 is 0 Å². The average molecular weight is 725 g/mol. The predicted octanol–water partition coefficient (Wildman–Crippen LogP) is 10.9. The summed E-state index contributed by atoms with van der Waals surface area (Å²) in [5.74, 6) is 1.77. The molecular weight excluding hydrogens is 677 g/mol. The molecule has 0 fully saturated rings. The number of benzene rings is 5. The Morgan fingerprint density at radius 3 is 1.43 bits per heavy atom. The molecule has 0 unspecified atom stereocenters. The first kappa shape index (κ1) is 37.8. The lowest BCUT2D eigenvalue weighted by atomic mass is 10.0. The molecule has 5 aromatic rings. The maximum Gasteiger partial charge on any atom is 0.206 e. The fourth-order valence-electron chi connectivity index (χ4n) is 5.85. The van der Waals surface area contributed by atoms with Crippen LogP contribution in [0.2, 0.25) is 0 Å². The van der Waals surface area contributed by atoms with Crippen LogP contribution in [0.3, 0.4) is 0 Å². The molecule has 0 heterocycles. The Bertz CT molecular complexity index is 2070. The van der Waals surface area contributed by atoms with E-state index in [-0.39, 0.29) is 19.6 Å². The zero-order valence-corrected chi connectivity index (χ0v) is 31.4. The lowest BCUT2D eigenvalue weighted by Crippen LogP contribution is -2.03. The van der Waals surface area contributed by atoms with Crippen molar-refractivity contribution in [2.24, 2.45) is 0 Å². The van der Waals surface area contributed by atoms with Crippen LogP contribution >= 0.6 is 0 Å². The number of aryl methyl sites for hydroxylation is 2. The first-order chi connectivity index (χ1) is 24.6. The van der Waals surface area contributed by atoms with Crippen LogP contribution in [0.15, 0.2) is 135 Å². The van der Waals surface area contributed by atoms with E-state index in [1.165, 1.54) is 69.2 Å². The standard InChI is InChI=1S/C43H48O6S2/c1-4-5-6-7-8-9-10-11-30-48-43-32-36(15-14-34(43)3)31-35-16-24-40(25-17-35)51(46,47)42-28-20-38(21-29-42)49-37-18-26-41(27-19-37)50(44,45)39-22-12-33(2)13-23-39/h12-29,32H,4-11,30-31H2,1-3H3. The molecule has 0 atom stereocenters. The summed E-state index contributed by atoms with van der Waals surface area (Å²) >= 11 is 0. The van der Waals surface area contributed by atoms with E-state index in [0.717, 1.165) is 34.4 Å². The van der Waals surface area contributed by atoms with Crippen LogP contribution in [0, 0.1) is 13.8 Å². The van der Waals surface area contributed by atoms with Gasteiger partial charge in [0.25, 0.3) is 0 Å². The minimum absolute atomic E-state index is 0.152. The molecule has 0 aromatic heterocycles. The highest BCUT2D eigenvalue weighted by atomic mass is 32.2. The van der Waals surface area contributed by atoms with Gasteiger partial charge in [0.1, 0.15) is 17.2 Å². The van der Waals surface area contributed by atoms with Gasteiger partial charge in [-0.1, -0.05) is 93.8 Å². The van der Waals surface area contributed by atoms with Gasteiger partial charge in [-0.05, 0) is 122 Å². The summed E-state index contributed by atoms with van der Waals surface area (Å²) in [6.45, 7) is 6.92. The predicted molar refractivity (Wildman–Crippen MR) is 204 cm³/mol. The Balaban J connectivity index is 1.14. The van der Waals surface area contributed by atoms with Crippen LogP contribution in [0.1, 0.15) is 80.5 Å². The van der Waals surface area contributed by atoms with Gasteiger partial charge in [0.2, 0.25) is 19.7 Å². The van der Waals surface area contributed by atoms with Crippen LogP contribution in [-0.4, -0.2) is 23.4 Å². The molecule has 0 spiro atoms. The van der Waals surface area contributed by atoms with Crippen molar-refractivity contribution in [2.75, 3.05) is 6.61 Å². The van der Waals surface area contributed by atoms with Gasteiger partial charge in [-0.2, -0.15) is 0 Å². The number of rotatable bonds is 18. The second kappa shape index (κ2) is 17.7. The van der Waals surface area contributed by atoms with E-state index in [9.17, 15) is 16.8 Å². The van der Waals surface area contributed by atoms with Gasteiger partial charge >= 0.3 is 0 Å². The fourth-order valence-corrected chi connectivity index (χ4v) is 8.37. The van der Waals surface area contributed by atoms with E-state index in [1.54, 1.807) is 60.7 Å². The minimum Gasteiger partial charge on any atom is -0.493 e. The van der Waals surface area contributed by atoms with E-state index in [4.69, 9.17) is 9.47 Å². The lowest BCUT2D eigenvalue weighted by Gasteiger charge is -2.12. The third-order valence-corrected chi connectivity index (χ3v) is 12.6. The van der Waals surface area contributed by atoms with Crippen molar-refractivity contribution in [3.63, 3.8) is 0 Å². The number of unbranched alkanes of at least 4 members (excludes halogenated alkanes) is 7. The molecule has 8 heteroatoms. The van der Waals surface area contributed by atoms with Crippen molar-refractivity contribution in [1.29, 1.82) is 0 Å². The molecule has 5 aromatic carbocycles. The summed E-state index contributed by atoms with van der Waals surface area (Å²) in [6.07, 6.45) is 10.8. The van der Waals surface area contributed by atoms with Crippen molar-refractivity contribution < 1.29 is 26.3 Å². The first-order valence-corrected chi connectivity index (χ1v) is 20.8. The van der Waals surface area contributed by atoms with Gasteiger partial charge in [-0.15, -0.1) is 0 Å². The van der Waals surface area contributed by atoms with E-state index < -0.39 is 19.7 Å². The summed E-state index contributed by atoms with van der Waals surface area (Å²) in [7, 11) is -7.40.